The van der Waals surface area contributed by atoms with Crippen molar-refractivity contribution < 1.29 is 23.1 Å². The van der Waals surface area contributed by atoms with E-state index in [-0.39, 0.29) is 23.1 Å². The largest absolute Gasteiger partial charge is 0.490 e. The second-order valence-corrected chi connectivity index (χ2v) is 11.6. The molecule has 0 spiro atoms. The van der Waals surface area contributed by atoms with Gasteiger partial charge in [-0.25, -0.2) is 13.2 Å². The molecular weight excluding hydrogens is 560 g/mol. The van der Waals surface area contributed by atoms with Gasteiger partial charge < -0.3 is 14.7 Å². The van der Waals surface area contributed by atoms with Crippen LogP contribution in [0.4, 0.5) is 4.79 Å². The number of amides is 1. The molecule has 2 unspecified atom stereocenters. The lowest BCUT2D eigenvalue weighted by Crippen LogP contribution is -2.43. The van der Waals surface area contributed by atoms with E-state index < -0.39 is 22.0 Å². The lowest BCUT2D eigenvalue weighted by atomic mass is 9.93. The van der Waals surface area contributed by atoms with Crippen LogP contribution in [0.25, 0.3) is 5.69 Å². The topological polar surface area (TPSA) is 106 Å². The highest BCUT2D eigenvalue weighted by atomic mass is 79.9. The zero-order valence-electron chi connectivity index (χ0n) is 18.6. The van der Waals surface area contributed by atoms with Crippen LogP contribution in [0.1, 0.15) is 24.4 Å². The van der Waals surface area contributed by atoms with Crippen LogP contribution in [0.15, 0.2) is 75.0 Å². The van der Waals surface area contributed by atoms with Crippen molar-refractivity contribution in [1.29, 1.82) is 0 Å². The standard InChI is InChI=1S/C24H22BrClN2O6S/c1-35(32,33)19-5-3-16(4-6-19)27-10-8-18(14-23(27)29)34-17-9-11-28(24(30)31)22(13-17)20-7-2-15(25)12-21(20)26/h2-8,10,12,14,17,22H,9,11,13H2,1H3,(H,30,31). The lowest BCUT2D eigenvalue weighted by molar-refractivity contribution is 0.0539. The van der Waals surface area contributed by atoms with Crippen molar-refractivity contribution in [3.63, 3.8) is 0 Å². The SMILES string of the molecule is CS(=O)(=O)c1ccc(-n2ccc(OC3CCN(C(=O)O)C(c4ccc(Br)cc4Cl)C3)cc2=O)cc1. The predicted molar refractivity (Wildman–Crippen MR) is 135 cm³/mol. The quantitative estimate of drug-likeness (QED) is 0.459. The Morgan fingerprint density at radius 1 is 1.14 bits per heavy atom. The van der Waals surface area contributed by atoms with Crippen LogP contribution in [0.3, 0.4) is 0 Å². The first-order valence-electron chi connectivity index (χ1n) is 10.7. The van der Waals surface area contributed by atoms with E-state index in [1.807, 2.05) is 6.07 Å². The molecule has 184 valence electrons. The van der Waals surface area contributed by atoms with Gasteiger partial charge in [0.2, 0.25) is 0 Å². The number of benzene rings is 2. The summed E-state index contributed by atoms with van der Waals surface area (Å²) in [6, 6.07) is 13.9. The van der Waals surface area contributed by atoms with Crippen molar-refractivity contribution >= 4 is 43.5 Å². The van der Waals surface area contributed by atoms with Crippen LogP contribution >= 0.6 is 27.5 Å². The minimum atomic E-state index is -3.33. The van der Waals surface area contributed by atoms with Crippen molar-refractivity contribution in [2.45, 2.75) is 29.9 Å². The Labute approximate surface area is 215 Å². The summed E-state index contributed by atoms with van der Waals surface area (Å²) in [5.41, 5.74) is 0.872. The molecule has 1 fully saturated rings. The third kappa shape index (κ3) is 5.71. The summed E-state index contributed by atoms with van der Waals surface area (Å²) in [5, 5.41) is 10.1. The summed E-state index contributed by atoms with van der Waals surface area (Å²) in [6.07, 6.45) is 2.17. The fourth-order valence-corrected chi connectivity index (χ4v) is 5.56. The summed E-state index contributed by atoms with van der Waals surface area (Å²) < 4.78 is 31.6. The van der Waals surface area contributed by atoms with Crippen molar-refractivity contribution in [3.05, 3.63) is 86.2 Å². The molecule has 1 amide bonds. The second kappa shape index (κ2) is 10.0. The van der Waals surface area contributed by atoms with Gasteiger partial charge in [-0.2, -0.15) is 0 Å². The number of nitrogens with zero attached hydrogens (tertiary/aromatic N) is 2. The van der Waals surface area contributed by atoms with E-state index in [4.69, 9.17) is 16.3 Å². The Hall–Kier alpha value is -2.82. The summed E-state index contributed by atoms with van der Waals surface area (Å²) in [4.78, 5) is 26.1. The molecule has 1 aliphatic heterocycles. The van der Waals surface area contributed by atoms with E-state index in [2.05, 4.69) is 15.9 Å². The van der Waals surface area contributed by atoms with Crippen molar-refractivity contribution in [3.8, 4) is 11.4 Å². The van der Waals surface area contributed by atoms with Gasteiger partial charge in [0.05, 0.1) is 10.9 Å². The highest BCUT2D eigenvalue weighted by Gasteiger charge is 2.34. The van der Waals surface area contributed by atoms with E-state index in [1.165, 1.54) is 27.7 Å². The van der Waals surface area contributed by atoms with E-state index >= 15 is 0 Å². The maximum Gasteiger partial charge on any atom is 0.407 e. The van der Waals surface area contributed by atoms with Crippen molar-refractivity contribution in [2.75, 3.05) is 12.8 Å². The molecular formula is C24H22BrClN2O6S. The lowest BCUT2D eigenvalue weighted by Gasteiger charge is -2.38. The number of halogens is 2. The first kappa shape index (κ1) is 25.3. The molecule has 3 aromatic rings. The molecule has 1 aromatic heterocycles. The number of ether oxygens (including phenoxy) is 1. The first-order valence-corrected chi connectivity index (χ1v) is 13.7. The smallest absolute Gasteiger partial charge is 0.407 e. The van der Waals surface area contributed by atoms with Crippen LogP contribution in [-0.2, 0) is 9.84 Å². The third-order valence-electron chi connectivity index (χ3n) is 5.86. The Bertz CT molecular complexity index is 1420. The number of hydrogen-bond acceptors (Lipinski definition) is 5. The van der Waals surface area contributed by atoms with Gasteiger partial charge in [-0.15, -0.1) is 0 Å². The van der Waals surface area contributed by atoms with Gasteiger partial charge in [0.25, 0.3) is 5.56 Å². The minimum Gasteiger partial charge on any atom is -0.490 e. The average Bonchev–Trinajstić information content (AvgIpc) is 2.78. The monoisotopic (exact) mass is 580 g/mol. The zero-order valence-corrected chi connectivity index (χ0v) is 21.8. The molecule has 1 aliphatic rings. The molecule has 2 aromatic carbocycles. The number of aromatic nitrogens is 1. The van der Waals surface area contributed by atoms with Crippen molar-refractivity contribution in [2.24, 2.45) is 0 Å². The van der Waals surface area contributed by atoms with Crippen LogP contribution < -0.4 is 10.3 Å². The minimum absolute atomic E-state index is 0.169. The molecule has 0 bridgehead atoms. The van der Waals surface area contributed by atoms with Gasteiger partial charge >= 0.3 is 6.09 Å². The van der Waals surface area contributed by atoms with Crippen LogP contribution in [-0.4, -0.2) is 48.0 Å². The van der Waals surface area contributed by atoms with Gasteiger partial charge in [0.1, 0.15) is 11.9 Å². The summed E-state index contributed by atoms with van der Waals surface area (Å²) in [5.74, 6) is 0.369. The third-order valence-corrected chi connectivity index (χ3v) is 7.81. The number of carboxylic acid groups (broad SMARTS) is 1. The molecule has 11 heteroatoms. The maximum atomic E-state index is 12.7. The Morgan fingerprint density at radius 2 is 1.86 bits per heavy atom. The van der Waals surface area contributed by atoms with E-state index in [0.29, 0.717) is 34.9 Å². The number of piperidine rings is 1. The molecule has 8 nitrogen and oxygen atoms in total. The number of hydrogen-bond donors (Lipinski definition) is 1. The number of pyridine rings is 1. The highest BCUT2D eigenvalue weighted by molar-refractivity contribution is 9.10. The number of rotatable bonds is 5. The fourth-order valence-electron chi connectivity index (χ4n) is 4.13. The van der Waals surface area contributed by atoms with Crippen LogP contribution in [0.2, 0.25) is 5.02 Å². The van der Waals surface area contributed by atoms with Crippen molar-refractivity contribution in [1.82, 2.24) is 9.47 Å². The summed E-state index contributed by atoms with van der Waals surface area (Å²) in [7, 11) is -3.33. The highest BCUT2D eigenvalue weighted by Crippen LogP contribution is 2.37. The maximum absolute atomic E-state index is 12.7. The number of likely N-dealkylation sites (tertiary alicyclic amines) is 1. The predicted octanol–water partition coefficient (Wildman–Crippen LogP) is 4.92. The zero-order chi connectivity index (χ0) is 25.3. The Morgan fingerprint density at radius 3 is 2.46 bits per heavy atom. The molecule has 2 atom stereocenters. The number of sulfone groups is 1. The van der Waals surface area contributed by atoms with Crippen LogP contribution in [0.5, 0.6) is 5.75 Å². The molecule has 4 rings (SSSR count). The van der Waals surface area contributed by atoms with Gasteiger partial charge in [-0.3, -0.25) is 9.36 Å². The molecule has 1 N–H and O–H groups in total. The molecule has 0 aliphatic carbocycles. The molecule has 2 heterocycles. The van der Waals surface area contributed by atoms with Crippen LogP contribution in [0, 0.1) is 0 Å². The summed E-state index contributed by atoms with van der Waals surface area (Å²) in [6.45, 7) is 0.265. The van der Waals surface area contributed by atoms with E-state index in [0.717, 1.165) is 10.7 Å². The fraction of sp³-hybridized carbons (Fsp3) is 0.250. The van der Waals surface area contributed by atoms with E-state index in [9.17, 15) is 23.1 Å². The van der Waals surface area contributed by atoms with E-state index in [1.54, 1.807) is 36.5 Å². The van der Waals surface area contributed by atoms with Gasteiger partial charge in [0.15, 0.2) is 9.84 Å². The number of carbonyl (C=O) groups is 1. The average molecular weight is 582 g/mol. The normalized spacial score (nSPS) is 18.3. The molecule has 0 saturated carbocycles. The van der Waals surface area contributed by atoms with Gasteiger partial charge in [-0.1, -0.05) is 33.6 Å². The summed E-state index contributed by atoms with van der Waals surface area (Å²) >= 11 is 9.77. The second-order valence-electron chi connectivity index (χ2n) is 8.26. The Kier molecular flexibility index (Phi) is 7.25. The van der Waals surface area contributed by atoms with Gasteiger partial charge in [0, 0.05) is 53.1 Å². The molecule has 0 radical (unpaired) electrons. The molecule has 35 heavy (non-hydrogen) atoms. The van der Waals surface area contributed by atoms with Gasteiger partial charge in [-0.05, 0) is 48.0 Å². The first-order chi connectivity index (χ1) is 16.5. The molecule has 1 saturated heterocycles. The Balaban J connectivity index is 1.53.